The molecule has 148 valence electrons. The van der Waals surface area contributed by atoms with Crippen molar-refractivity contribution in [2.75, 3.05) is 13.1 Å². The number of benzene rings is 2. The number of sulfonamides is 1. The van der Waals surface area contributed by atoms with E-state index in [1.54, 1.807) is 6.07 Å². The van der Waals surface area contributed by atoms with Crippen LogP contribution in [0.3, 0.4) is 0 Å². The van der Waals surface area contributed by atoms with Gasteiger partial charge >= 0.3 is 5.97 Å². The highest BCUT2D eigenvalue weighted by molar-refractivity contribution is 7.89. The molecule has 0 atom stereocenters. The van der Waals surface area contributed by atoms with Crippen LogP contribution in [0.15, 0.2) is 53.4 Å². The van der Waals surface area contributed by atoms with Crippen molar-refractivity contribution in [3.8, 4) is 0 Å². The zero-order valence-electron chi connectivity index (χ0n) is 15.1. The number of nitro groups is 1. The molecule has 1 fully saturated rings. The van der Waals surface area contributed by atoms with Gasteiger partial charge in [-0.05, 0) is 37.1 Å². The zero-order chi connectivity index (χ0) is 20.1. The van der Waals surface area contributed by atoms with E-state index in [9.17, 15) is 23.3 Å². The van der Waals surface area contributed by atoms with E-state index in [0.29, 0.717) is 13.1 Å². The molecule has 0 amide bonds. The number of esters is 1. The van der Waals surface area contributed by atoms with Crippen LogP contribution in [0.1, 0.15) is 35.2 Å². The topological polar surface area (TPSA) is 107 Å². The Balaban J connectivity index is 1.75. The van der Waals surface area contributed by atoms with Gasteiger partial charge in [0, 0.05) is 19.2 Å². The maximum atomic E-state index is 12.8. The van der Waals surface area contributed by atoms with Gasteiger partial charge in [0.25, 0.3) is 5.69 Å². The van der Waals surface area contributed by atoms with E-state index < -0.39 is 20.9 Å². The molecule has 0 spiro atoms. The smallest absolute Gasteiger partial charge is 0.338 e. The highest BCUT2D eigenvalue weighted by Gasteiger charge is 2.26. The number of piperidine rings is 1. The summed E-state index contributed by atoms with van der Waals surface area (Å²) in [6.07, 6.45) is 2.64. The van der Waals surface area contributed by atoms with Gasteiger partial charge < -0.3 is 4.74 Å². The highest BCUT2D eigenvalue weighted by atomic mass is 32.2. The fourth-order valence-electron chi connectivity index (χ4n) is 3.08. The van der Waals surface area contributed by atoms with Crippen molar-refractivity contribution in [2.45, 2.75) is 30.8 Å². The number of nitro benzene ring substituents is 1. The number of hydrogen-bond acceptors (Lipinski definition) is 6. The average Bonchev–Trinajstić information content (AvgIpc) is 2.73. The summed E-state index contributed by atoms with van der Waals surface area (Å²) >= 11 is 0. The fraction of sp³-hybridized carbons (Fsp3) is 0.316. The molecule has 0 N–H and O–H groups in total. The molecular formula is C19H20N2O6S. The van der Waals surface area contributed by atoms with Gasteiger partial charge in [-0.25, -0.2) is 13.2 Å². The third-order valence-electron chi connectivity index (χ3n) is 4.57. The van der Waals surface area contributed by atoms with Crippen molar-refractivity contribution < 1.29 is 22.9 Å². The molecule has 1 heterocycles. The quantitative estimate of drug-likeness (QED) is 0.416. The lowest BCUT2D eigenvalue weighted by Gasteiger charge is -2.25. The van der Waals surface area contributed by atoms with E-state index in [0.717, 1.165) is 19.3 Å². The normalized spacial score (nSPS) is 15.1. The lowest BCUT2D eigenvalue weighted by molar-refractivity contribution is -0.385. The number of carbonyl (C=O) groups is 1. The molecule has 0 saturated carbocycles. The van der Waals surface area contributed by atoms with E-state index in [1.807, 2.05) is 0 Å². The summed E-state index contributed by atoms with van der Waals surface area (Å²) in [5.74, 6) is -0.742. The largest absolute Gasteiger partial charge is 0.457 e. The molecule has 0 radical (unpaired) electrons. The third kappa shape index (κ3) is 4.37. The van der Waals surface area contributed by atoms with E-state index >= 15 is 0 Å². The van der Waals surface area contributed by atoms with Gasteiger partial charge in [0.05, 0.1) is 20.9 Å². The maximum Gasteiger partial charge on any atom is 0.338 e. The summed E-state index contributed by atoms with van der Waals surface area (Å²) in [7, 11) is -3.67. The van der Waals surface area contributed by atoms with Crippen molar-refractivity contribution in [3.63, 3.8) is 0 Å². The first-order valence-electron chi connectivity index (χ1n) is 8.89. The van der Waals surface area contributed by atoms with Gasteiger partial charge in [-0.15, -0.1) is 0 Å². The molecule has 2 aromatic carbocycles. The summed E-state index contributed by atoms with van der Waals surface area (Å²) in [6.45, 7) is 0.655. The van der Waals surface area contributed by atoms with Gasteiger partial charge in [0.2, 0.25) is 10.0 Å². The summed E-state index contributed by atoms with van der Waals surface area (Å²) in [5, 5.41) is 11.0. The molecule has 9 heteroatoms. The van der Waals surface area contributed by atoms with Crippen LogP contribution < -0.4 is 0 Å². The first kappa shape index (κ1) is 20.0. The highest BCUT2D eigenvalue weighted by Crippen LogP contribution is 2.22. The van der Waals surface area contributed by atoms with Crippen LogP contribution in [-0.4, -0.2) is 36.7 Å². The predicted molar refractivity (Wildman–Crippen MR) is 101 cm³/mol. The molecule has 3 rings (SSSR count). The summed E-state index contributed by atoms with van der Waals surface area (Å²) in [4.78, 5) is 22.9. The SMILES string of the molecule is O=C(OCc1ccccc1[N+](=O)[O-])c1cccc(S(=O)(=O)N2CCCCC2)c1. The van der Waals surface area contributed by atoms with Crippen molar-refractivity contribution in [1.29, 1.82) is 0 Å². The monoisotopic (exact) mass is 404 g/mol. The molecule has 28 heavy (non-hydrogen) atoms. The molecule has 0 unspecified atom stereocenters. The van der Waals surface area contributed by atoms with Gasteiger partial charge in [0.1, 0.15) is 6.61 Å². The number of hydrogen-bond donors (Lipinski definition) is 0. The van der Waals surface area contributed by atoms with Crippen LogP contribution >= 0.6 is 0 Å². The Hall–Kier alpha value is -2.78. The first-order chi connectivity index (χ1) is 13.4. The van der Waals surface area contributed by atoms with Gasteiger partial charge in [-0.2, -0.15) is 4.31 Å². The Labute approximate surface area is 162 Å². The van der Waals surface area contributed by atoms with E-state index in [1.165, 1.54) is 46.8 Å². The van der Waals surface area contributed by atoms with Crippen LogP contribution in [0.2, 0.25) is 0 Å². The molecule has 1 aliphatic rings. The molecule has 0 aromatic heterocycles. The molecule has 1 saturated heterocycles. The Kier molecular flexibility index (Phi) is 6.05. The molecule has 2 aromatic rings. The van der Waals surface area contributed by atoms with Crippen LogP contribution in [0, 0.1) is 10.1 Å². The van der Waals surface area contributed by atoms with Crippen molar-refractivity contribution in [1.82, 2.24) is 4.31 Å². The van der Waals surface area contributed by atoms with E-state index in [-0.39, 0.29) is 28.3 Å². The van der Waals surface area contributed by atoms with Crippen molar-refractivity contribution in [3.05, 3.63) is 69.8 Å². The standard InChI is InChI=1S/C19H20N2O6S/c22-19(27-14-16-7-2-3-10-18(16)21(23)24)15-8-6-9-17(13-15)28(25,26)20-11-4-1-5-12-20/h2-3,6-10,13H,1,4-5,11-12,14H2. The third-order valence-corrected chi connectivity index (χ3v) is 6.46. The Morgan fingerprint density at radius 3 is 2.50 bits per heavy atom. The molecule has 1 aliphatic heterocycles. The molecule has 0 bridgehead atoms. The Morgan fingerprint density at radius 2 is 1.79 bits per heavy atom. The minimum absolute atomic E-state index is 0.0366. The van der Waals surface area contributed by atoms with Crippen molar-refractivity contribution >= 4 is 21.7 Å². The predicted octanol–water partition coefficient (Wildman–Crippen LogP) is 3.13. The summed E-state index contributed by atoms with van der Waals surface area (Å²) in [6, 6.07) is 11.6. The number of carbonyl (C=O) groups excluding carboxylic acids is 1. The second kappa shape index (κ2) is 8.49. The first-order valence-corrected chi connectivity index (χ1v) is 10.3. The van der Waals surface area contributed by atoms with Crippen molar-refractivity contribution in [2.24, 2.45) is 0 Å². The van der Waals surface area contributed by atoms with Crippen LogP contribution in [0.25, 0.3) is 0 Å². The van der Waals surface area contributed by atoms with Crippen LogP contribution in [0.5, 0.6) is 0 Å². The molecule has 8 nitrogen and oxygen atoms in total. The van der Waals surface area contributed by atoms with E-state index in [2.05, 4.69) is 0 Å². The minimum atomic E-state index is -3.67. The Bertz CT molecular complexity index is 983. The van der Waals surface area contributed by atoms with Crippen LogP contribution in [-0.2, 0) is 21.4 Å². The number of rotatable bonds is 6. The van der Waals surface area contributed by atoms with Gasteiger partial charge in [0.15, 0.2) is 0 Å². The lowest BCUT2D eigenvalue weighted by Crippen LogP contribution is -2.35. The number of para-hydroxylation sites is 1. The zero-order valence-corrected chi connectivity index (χ0v) is 15.9. The molecule has 0 aliphatic carbocycles. The second-order valence-electron chi connectivity index (χ2n) is 6.45. The summed E-state index contributed by atoms with van der Waals surface area (Å²) in [5.41, 5.74) is 0.200. The van der Waals surface area contributed by atoms with E-state index in [4.69, 9.17) is 4.74 Å². The van der Waals surface area contributed by atoms with Crippen LogP contribution in [0.4, 0.5) is 5.69 Å². The summed E-state index contributed by atoms with van der Waals surface area (Å²) < 4.78 is 32.1. The fourth-order valence-corrected chi connectivity index (χ4v) is 4.64. The number of ether oxygens (including phenoxy) is 1. The van der Waals surface area contributed by atoms with Gasteiger partial charge in [-0.3, -0.25) is 10.1 Å². The minimum Gasteiger partial charge on any atom is -0.457 e. The van der Waals surface area contributed by atoms with Gasteiger partial charge in [-0.1, -0.05) is 24.6 Å². The number of nitrogens with zero attached hydrogens (tertiary/aromatic N) is 2. The average molecular weight is 404 g/mol. The second-order valence-corrected chi connectivity index (χ2v) is 8.39. The Morgan fingerprint density at radius 1 is 1.07 bits per heavy atom. The maximum absolute atomic E-state index is 12.8. The lowest BCUT2D eigenvalue weighted by atomic mass is 10.2. The molecular weight excluding hydrogens is 384 g/mol.